The van der Waals surface area contributed by atoms with Crippen LogP contribution in [0.5, 0.6) is 5.75 Å². The first kappa shape index (κ1) is 28.9. The van der Waals surface area contributed by atoms with E-state index in [0.717, 1.165) is 74.5 Å². The fourth-order valence-electron chi connectivity index (χ4n) is 4.71. The summed E-state index contributed by atoms with van der Waals surface area (Å²) < 4.78 is 36.1. The Morgan fingerprint density at radius 1 is 1.10 bits per heavy atom. The van der Waals surface area contributed by atoms with Crippen LogP contribution in [0.4, 0.5) is 14.7 Å². The highest BCUT2D eigenvalue weighted by Gasteiger charge is 2.22. The van der Waals surface area contributed by atoms with Crippen molar-refractivity contribution in [2.75, 3.05) is 31.1 Å². The van der Waals surface area contributed by atoms with E-state index < -0.39 is 35.6 Å². The molecule has 0 unspecified atom stereocenters. The molecule has 0 bridgehead atoms. The highest BCUT2D eigenvalue weighted by atomic mass is 19.1. The van der Waals surface area contributed by atoms with Gasteiger partial charge in [0.25, 0.3) is 5.91 Å². The Kier molecular flexibility index (Phi) is 9.62. The molecule has 0 saturated carbocycles. The molecule has 12 heteroatoms. The predicted octanol–water partition coefficient (Wildman–Crippen LogP) is 3.57. The lowest BCUT2D eigenvalue weighted by Gasteiger charge is -2.32. The van der Waals surface area contributed by atoms with E-state index in [1.165, 1.54) is 0 Å². The van der Waals surface area contributed by atoms with Crippen LogP contribution in [0.15, 0.2) is 36.9 Å². The zero-order chi connectivity index (χ0) is 28.6. The number of rotatable bonds is 12. The molecular formula is C28H35F2N7O3. The van der Waals surface area contributed by atoms with Gasteiger partial charge in [0.1, 0.15) is 22.9 Å². The van der Waals surface area contributed by atoms with Gasteiger partial charge in [-0.25, -0.2) is 18.7 Å². The maximum Gasteiger partial charge on any atom is 0.257 e. The van der Waals surface area contributed by atoms with Crippen LogP contribution in [0.1, 0.15) is 49.9 Å². The topological polar surface area (TPSA) is 128 Å². The number of hydrogen-bond acceptors (Lipinski definition) is 7. The fraction of sp³-hybridized carbons (Fsp3) is 0.464. The van der Waals surface area contributed by atoms with Crippen LogP contribution < -0.4 is 20.7 Å². The second-order valence-electron chi connectivity index (χ2n) is 10.4. The number of amides is 2. The summed E-state index contributed by atoms with van der Waals surface area (Å²) in [6.45, 7) is 6.67. The number of anilines is 1. The Labute approximate surface area is 231 Å². The summed E-state index contributed by atoms with van der Waals surface area (Å²) in [4.78, 5) is 34.0. The molecule has 2 aromatic heterocycles. The monoisotopic (exact) mass is 555 g/mol. The molecule has 0 atom stereocenters. The summed E-state index contributed by atoms with van der Waals surface area (Å²) in [7, 11) is 0. The summed E-state index contributed by atoms with van der Waals surface area (Å²) in [5, 5.41) is 6.48. The van der Waals surface area contributed by atoms with Gasteiger partial charge < -0.3 is 20.7 Å². The standard InChI is InChI=1S/C28H35F2N7O3/c1-18(2)16-37-17-21(14-35-37)20-12-33-28(34-13-20)36-7-5-19(6-8-36)4-3-9-40-22-10-23(29)26(24(30)11-22)27(39)32-15-25(31)38/h10-14,17-19H,3-9,15-16H2,1-2H3,(H2,31,38)(H,32,39). The van der Waals surface area contributed by atoms with Gasteiger partial charge in [0.2, 0.25) is 11.9 Å². The number of piperidine rings is 1. The molecule has 0 spiro atoms. The van der Waals surface area contributed by atoms with Crippen LogP contribution >= 0.6 is 0 Å². The summed E-state index contributed by atoms with van der Waals surface area (Å²) in [6, 6.07) is 1.92. The van der Waals surface area contributed by atoms with Crippen LogP contribution in [-0.2, 0) is 11.3 Å². The Morgan fingerprint density at radius 2 is 1.77 bits per heavy atom. The van der Waals surface area contributed by atoms with Crippen molar-refractivity contribution in [3.05, 3.63) is 54.1 Å². The Bertz CT molecular complexity index is 1280. The molecule has 0 radical (unpaired) electrons. The first-order valence-electron chi connectivity index (χ1n) is 13.5. The summed E-state index contributed by atoms with van der Waals surface area (Å²) in [5.41, 5.74) is 6.10. The van der Waals surface area contributed by atoms with Crippen molar-refractivity contribution in [2.45, 2.75) is 46.1 Å². The summed E-state index contributed by atoms with van der Waals surface area (Å²) >= 11 is 0. The second-order valence-corrected chi connectivity index (χ2v) is 10.4. The van der Waals surface area contributed by atoms with Crippen molar-refractivity contribution >= 4 is 17.8 Å². The third-order valence-electron chi connectivity index (χ3n) is 6.75. The van der Waals surface area contributed by atoms with E-state index in [0.29, 0.717) is 18.4 Å². The molecule has 3 aromatic rings. The molecule has 4 rings (SSSR count). The number of aromatic nitrogens is 4. The number of nitrogens with one attached hydrogen (secondary N) is 1. The molecule has 10 nitrogen and oxygen atoms in total. The number of carbonyl (C=O) groups is 2. The molecule has 3 N–H and O–H groups in total. The molecule has 1 aliphatic heterocycles. The van der Waals surface area contributed by atoms with Crippen molar-refractivity contribution in [3.63, 3.8) is 0 Å². The largest absolute Gasteiger partial charge is 0.493 e. The van der Waals surface area contributed by atoms with Crippen molar-refractivity contribution in [1.29, 1.82) is 0 Å². The normalized spacial score (nSPS) is 14.0. The molecule has 1 aliphatic rings. The first-order chi connectivity index (χ1) is 19.2. The van der Waals surface area contributed by atoms with Gasteiger partial charge in [0, 0.05) is 61.5 Å². The molecular weight excluding hydrogens is 520 g/mol. The van der Waals surface area contributed by atoms with Crippen LogP contribution in [0, 0.1) is 23.5 Å². The van der Waals surface area contributed by atoms with Crippen molar-refractivity contribution in [3.8, 4) is 16.9 Å². The third-order valence-corrected chi connectivity index (χ3v) is 6.75. The Hall–Kier alpha value is -4.09. The van der Waals surface area contributed by atoms with Crippen LogP contribution in [0.3, 0.4) is 0 Å². The quantitative estimate of drug-likeness (QED) is 0.327. The lowest BCUT2D eigenvalue weighted by atomic mass is 9.92. The summed E-state index contributed by atoms with van der Waals surface area (Å²) in [6.07, 6.45) is 11.2. The van der Waals surface area contributed by atoms with Gasteiger partial charge in [-0.05, 0) is 37.5 Å². The molecule has 1 saturated heterocycles. The first-order valence-corrected chi connectivity index (χ1v) is 13.5. The average Bonchev–Trinajstić information content (AvgIpc) is 3.38. The number of primary amides is 1. The minimum absolute atomic E-state index is 0.00383. The van der Waals surface area contributed by atoms with Gasteiger partial charge in [-0.15, -0.1) is 0 Å². The molecule has 0 aliphatic carbocycles. The fourth-order valence-corrected chi connectivity index (χ4v) is 4.71. The lowest BCUT2D eigenvalue weighted by molar-refractivity contribution is -0.117. The van der Waals surface area contributed by atoms with E-state index in [-0.39, 0.29) is 5.75 Å². The average molecular weight is 556 g/mol. The maximum atomic E-state index is 14.3. The van der Waals surface area contributed by atoms with E-state index in [2.05, 4.69) is 39.1 Å². The minimum Gasteiger partial charge on any atom is -0.493 e. The van der Waals surface area contributed by atoms with Crippen molar-refractivity contribution in [1.82, 2.24) is 25.1 Å². The number of nitrogens with zero attached hydrogens (tertiary/aromatic N) is 5. The van der Waals surface area contributed by atoms with E-state index in [1.807, 2.05) is 29.5 Å². The zero-order valence-corrected chi connectivity index (χ0v) is 22.8. The highest BCUT2D eigenvalue weighted by Crippen LogP contribution is 2.26. The van der Waals surface area contributed by atoms with Gasteiger partial charge in [-0.2, -0.15) is 5.10 Å². The number of benzene rings is 1. The van der Waals surface area contributed by atoms with Crippen molar-refractivity contribution < 1.29 is 23.1 Å². The Morgan fingerprint density at radius 3 is 2.40 bits per heavy atom. The van der Waals surface area contributed by atoms with E-state index in [9.17, 15) is 18.4 Å². The molecule has 1 aromatic carbocycles. The maximum absolute atomic E-state index is 14.3. The van der Waals surface area contributed by atoms with Crippen LogP contribution in [0.25, 0.3) is 11.1 Å². The molecule has 40 heavy (non-hydrogen) atoms. The zero-order valence-electron chi connectivity index (χ0n) is 22.8. The molecule has 2 amide bonds. The van der Waals surface area contributed by atoms with Gasteiger partial charge in [0.15, 0.2) is 0 Å². The van der Waals surface area contributed by atoms with Crippen LogP contribution in [0.2, 0.25) is 0 Å². The Balaban J connectivity index is 1.19. The highest BCUT2D eigenvalue weighted by molar-refractivity contribution is 5.96. The van der Waals surface area contributed by atoms with E-state index >= 15 is 0 Å². The number of halogens is 2. The molecule has 214 valence electrons. The lowest BCUT2D eigenvalue weighted by Crippen LogP contribution is -2.34. The van der Waals surface area contributed by atoms with Crippen molar-refractivity contribution in [2.24, 2.45) is 17.6 Å². The smallest absolute Gasteiger partial charge is 0.257 e. The number of carbonyl (C=O) groups excluding carboxylic acids is 2. The minimum atomic E-state index is -1.07. The van der Waals surface area contributed by atoms with Gasteiger partial charge in [-0.1, -0.05) is 13.8 Å². The number of hydrogen-bond donors (Lipinski definition) is 2. The second kappa shape index (κ2) is 13.3. The molecule has 1 fully saturated rings. The van der Waals surface area contributed by atoms with E-state index in [4.69, 9.17) is 10.5 Å². The third kappa shape index (κ3) is 7.73. The van der Waals surface area contributed by atoms with Gasteiger partial charge >= 0.3 is 0 Å². The summed E-state index contributed by atoms with van der Waals surface area (Å²) in [5.74, 6) is -2.25. The van der Waals surface area contributed by atoms with Gasteiger partial charge in [0.05, 0.1) is 19.3 Å². The van der Waals surface area contributed by atoms with E-state index in [1.54, 1.807) is 0 Å². The van der Waals surface area contributed by atoms with Crippen LogP contribution in [-0.4, -0.2) is 57.8 Å². The number of nitrogens with two attached hydrogens (primary N) is 1. The molecule has 3 heterocycles. The number of ether oxygens (including phenoxy) is 1. The van der Waals surface area contributed by atoms with Gasteiger partial charge in [-0.3, -0.25) is 14.3 Å². The predicted molar refractivity (Wildman–Crippen MR) is 146 cm³/mol. The SMILES string of the molecule is CC(C)Cn1cc(-c2cnc(N3CCC(CCCOc4cc(F)c(C(=O)NCC(N)=O)c(F)c4)CC3)nc2)cn1.